The van der Waals surface area contributed by atoms with Gasteiger partial charge in [0.05, 0.1) is 0 Å². The van der Waals surface area contributed by atoms with Crippen molar-refractivity contribution in [1.82, 2.24) is 10.3 Å². The third-order valence-electron chi connectivity index (χ3n) is 2.74. The van der Waals surface area contributed by atoms with Gasteiger partial charge < -0.3 is 5.32 Å². The van der Waals surface area contributed by atoms with Gasteiger partial charge in [-0.3, -0.25) is 4.79 Å². The Bertz CT molecular complexity index is 363. The van der Waals surface area contributed by atoms with Crippen LogP contribution in [0.25, 0.3) is 0 Å². The van der Waals surface area contributed by atoms with Crippen LogP contribution >= 0.6 is 0 Å². The summed E-state index contributed by atoms with van der Waals surface area (Å²) in [4.78, 5) is 16.1. The molecule has 0 radical (unpaired) electrons. The van der Waals surface area contributed by atoms with Crippen LogP contribution in [-0.2, 0) is 0 Å². The van der Waals surface area contributed by atoms with Crippen molar-refractivity contribution in [3.05, 3.63) is 29.6 Å². The Labute approximate surface area is 104 Å². The molecule has 3 heteroatoms. The first-order valence-corrected chi connectivity index (χ1v) is 6.38. The van der Waals surface area contributed by atoms with Gasteiger partial charge in [0.1, 0.15) is 5.69 Å². The normalized spacial score (nSPS) is 12.2. The molecule has 0 bridgehead atoms. The van der Waals surface area contributed by atoms with Crippen molar-refractivity contribution < 1.29 is 4.79 Å². The molecule has 1 rings (SSSR count). The third-order valence-corrected chi connectivity index (χ3v) is 2.74. The standard InChI is InChI=1S/C14H22N2O/c1-4-5-6-8-12(3)16-14(17)13-10-7-9-11(2)15-13/h7,9-10,12H,4-6,8H2,1-3H3,(H,16,17). The topological polar surface area (TPSA) is 42.0 Å². The lowest BCUT2D eigenvalue weighted by molar-refractivity contribution is 0.0932. The van der Waals surface area contributed by atoms with Crippen LogP contribution in [0.2, 0.25) is 0 Å². The summed E-state index contributed by atoms with van der Waals surface area (Å²) in [6.45, 7) is 6.12. The van der Waals surface area contributed by atoms with Gasteiger partial charge in [-0.1, -0.05) is 32.3 Å². The van der Waals surface area contributed by atoms with E-state index in [0.717, 1.165) is 12.1 Å². The maximum atomic E-state index is 11.9. The van der Waals surface area contributed by atoms with Crippen molar-refractivity contribution in [2.75, 3.05) is 0 Å². The Morgan fingerprint density at radius 3 is 2.82 bits per heavy atom. The predicted molar refractivity (Wildman–Crippen MR) is 70.0 cm³/mol. The lowest BCUT2D eigenvalue weighted by Crippen LogP contribution is -2.33. The molecule has 0 aliphatic heterocycles. The van der Waals surface area contributed by atoms with Crippen LogP contribution in [0.4, 0.5) is 0 Å². The summed E-state index contributed by atoms with van der Waals surface area (Å²) in [6.07, 6.45) is 4.63. The Morgan fingerprint density at radius 1 is 1.41 bits per heavy atom. The second-order valence-electron chi connectivity index (χ2n) is 4.53. The summed E-state index contributed by atoms with van der Waals surface area (Å²) >= 11 is 0. The van der Waals surface area contributed by atoms with Gasteiger partial charge in [-0.2, -0.15) is 0 Å². The van der Waals surface area contributed by atoms with Crippen LogP contribution in [0, 0.1) is 6.92 Å². The summed E-state index contributed by atoms with van der Waals surface area (Å²) < 4.78 is 0. The van der Waals surface area contributed by atoms with E-state index in [9.17, 15) is 4.79 Å². The summed E-state index contributed by atoms with van der Waals surface area (Å²) in [7, 11) is 0. The van der Waals surface area contributed by atoms with Crippen molar-refractivity contribution in [3.8, 4) is 0 Å². The zero-order valence-electron chi connectivity index (χ0n) is 11.0. The molecule has 1 aromatic rings. The number of unbranched alkanes of at least 4 members (excludes halogenated alkanes) is 2. The lowest BCUT2D eigenvalue weighted by atomic mass is 10.1. The molecule has 0 aromatic carbocycles. The number of amides is 1. The molecule has 0 saturated heterocycles. The Hall–Kier alpha value is -1.38. The molecule has 0 aliphatic carbocycles. The van der Waals surface area contributed by atoms with E-state index in [0.29, 0.717) is 5.69 Å². The highest BCUT2D eigenvalue weighted by atomic mass is 16.1. The summed E-state index contributed by atoms with van der Waals surface area (Å²) in [5.74, 6) is -0.0716. The molecule has 1 N–H and O–H groups in total. The van der Waals surface area contributed by atoms with E-state index in [-0.39, 0.29) is 11.9 Å². The zero-order chi connectivity index (χ0) is 12.7. The minimum atomic E-state index is -0.0716. The first kappa shape index (κ1) is 13.7. The SMILES string of the molecule is CCCCCC(C)NC(=O)c1cccc(C)n1. The van der Waals surface area contributed by atoms with Gasteiger partial charge in [-0.25, -0.2) is 4.98 Å². The van der Waals surface area contributed by atoms with Crippen molar-refractivity contribution in [3.63, 3.8) is 0 Å². The fourth-order valence-electron chi connectivity index (χ4n) is 1.74. The molecule has 0 spiro atoms. The van der Waals surface area contributed by atoms with Crippen LogP contribution < -0.4 is 5.32 Å². The summed E-state index contributed by atoms with van der Waals surface area (Å²) in [6, 6.07) is 5.72. The maximum Gasteiger partial charge on any atom is 0.270 e. The fourth-order valence-corrected chi connectivity index (χ4v) is 1.74. The average Bonchev–Trinajstić information content (AvgIpc) is 2.29. The van der Waals surface area contributed by atoms with Crippen molar-refractivity contribution >= 4 is 5.91 Å². The van der Waals surface area contributed by atoms with Crippen LogP contribution in [0.1, 0.15) is 55.7 Å². The molecule has 0 saturated carbocycles. The molecule has 1 aromatic heterocycles. The van der Waals surface area contributed by atoms with Crippen molar-refractivity contribution in [2.24, 2.45) is 0 Å². The fraction of sp³-hybridized carbons (Fsp3) is 0.571. The maximum absolute atomic E-state index is 11.9. The highest BCUT2D eigenvalue weighted by molar-refractivity contribution is 5.92. The van der Waals surface area contributed by atoms with E-state index in [1.165, 1.54) is 19.3 Å². The number of pyridine rings is 1. The molecule has 17 heavy (non-hydrogen) atoms. The quantitative estimate of drug-likeness (QED) is 0.768. The van der Waals surface area contributed by atoms with Crippen LogP contribution in [-0.4, -0.2) is 16.9 Å². The van der Waals surface area contributed by atoms with E-state index in [2.05, 4.69) is 17.2 Å². The number of aryl methyl sites for hydroxylation is 1. The Morgan fingerprint density at radius 2 is 2.18 bits per heavy atom. The molecule has 94 valence electrons. The van der Waals surface area contributed by atoms with Gasteiger partial charge in [0, 0.05) is 11.7 Å². The predicted octanol–water partition coefficient (Wildman–Crippen LogP) is 3.09. The van der Waals surface area contributed by atoms with Gasteiger partial charge >= 0.3 is 0 Å². The molecule has 1 atom stereocenters. The molecule has 3 nitrogen and oxygen atoms in total. The van der Waals surface area contributed by atoms with E-state index in [1.807, 2.05) is 26.0 Å². The second-order valence-corrected chi connectivity index (χ2v) is 4.53. The number of nitrogens with zero attached hydrogens (tertiary/aromatic N) is 1. The molecule has 0 fully saturated rings. The van der Waals surface area contributed by atoms with E-state index >= 15 is 0 Å². The zero-order valence-corrected chi connectivity index (χ0v) is 11.0. The summed E-state index contributed by atoms with van der Waals surface area (Å²) in [5, 5.41) is 2.98. The Balaban J connectivity index is 2.43. The molecule has 1 amide bonds. The minimum Gasteiger partial charge on any atom is -0.348 e. The number of aromatic nitrogens is 1. The van der Waals surface area contributed by atoms with Crippen LogP contribution in [0.3, 0.4) is 0 Å². The van der Waals surface area contributed by atoms with Crippen molar-refractivity contribution in [2.45, 2.75) is 52.5 Å². The largest absolute Gasteiger partial charge is 0.348 e. The monoisotopic (exact) mass is 234 g/mol. The van der Waals surface area contributed by atoms with Crippen LogP contribution in [0.15, 0.2) is 18.2 Å². The number of rotatable bonds is 6. The Kier molecular flexibility index (Phi) is 5.67. The number of hydrogen-bond acceptors (Lipinski definition) is 2. The van der Waals surface area contributed by atoms with Gasteiger partial charge in [0.2, 0.25) is 0 Å². The molecular formula is C14H22N2O. The number of carbonyl (C=O) groups is 1. The lowest BCUT2D eigenvalue weighted by Gasteiger charge is -2.13. The number of hydrogen-bond donors (Lipinski definition) is 1. The highest BCUT2D eigenvalue weighted by Crippen LogP contribution is 2.04. The minimum absolute atomic E-state index is 0.0716. The molecule has 0 aliphatic rings. The summed E-state index contributed by atoms with van der Waals surface area (Å²) in [5.41, 5.74) is 1.38. The van der Waals surface area contributed by atoms with E-state index in [4.69, 9.17) is 0 Å². The number of carbonyl (C=O) groups excluding carboxylic acids is 1. The third kappa shape index (κ3) is 4.98. The number of nitrogens with one attached hydrogen (secondary N) is 1. The molecule has 1 heterocycles. The van der Waals surface area contributed by atoms with E-state index in [1.54, 1.807) is 6.07 Å². The first-order valence-electron chi connectivity index (χ1n) is 6.38. The second kappa shape index (κ2) is 7.05. The van der Waals surface area contributed by atoms with Gasteiger partial charge in [0.15, 0.2) is 0 Å². The van der Waals surface area contributed by atoms with E-state index < -0.39 is 0 Å². The van der Waals surface area contributed by atoms with Gasteiger partial charge in [-0.15, -0.1) is 0 Å². The molecule has 1 unspecified atom stereocenters. The van der Waals surface area contributed by atoms with Gasteiger partial charge in [0.25, 0.3) is 5.91 Å². The van der Waals surface area contributed by atoms with Crippen molar-refractivity contribution in [1.29, 1.82) is 0 Å². The highest BCUT2D eigenvalue weighted by Gasteiger charge is 2.10. The molecular weight excluding hydrogens is 212 g/mol. The average molecular weight is 234 g/mol. The van der Waals surface area contributed by atoms with Gasteiger partial charge in [-0.05, 0) is 32.4 Å². The first-order chi connectivity index (χ1) is 8.13. The van der Waals surface area contributed by atoms with Crippen LogP contribution in [0.5, 0.6) is 0 Å². The smallest absolute Gasteiger partial charge is 0.270 e.